The van der Waals surface area contributed by atoms with Gasteiger partial charge in [-0.2, -0.15) is 0 Å². The summed E-state index contributed by atoms with van der Waals surface area (Å²) in [6.45, 7) is 3.03. The van der Waals surface area contributed by atoms with Crippen LogP contribution in [0.2, 0.25) is 5.02 Å². The molecule has 0 aliphatic heterocycles. The van der Waals surface area contributed by atoms with Gasteiger partial charge in [-0.3, -0.25) is 0 Å². The minimum Gasteiger partial charge on any atom is -0.344 e. The van der Waals surface area contributed by atoms with Gasteiger partial charge in [-0.1, -0.05) is 23.7 Å². The second-order valence-electron chi connectivity index (χ2n) is 3.66. The molecule has 1 heterocycles. The van der Waals surface area contributed by atoms with E-state index < -0.39 is 0 Å². The molecular formula is C12H13Cl2N. The van der Waals surface area contributed by atoms with Crippen molar-refractivity contribution in [3.63, 3.8) is 0 Å². The number of hydrogen-bond acceptors (Lipinski definition) is 0. The summed E-state index contributed by atoms with van der Waals surface area (Å²) in [5.41, 5.74) is 2.37. The van der Waals surface area contributed by atoms with Crippen LogP contribution in [-0.4, -0.2) is 10.4 Å². The first-order valence-corrected chi connectivity index (χ1v) is 5.95. The summed E-state index contributed by atoms with van der Waals surface area (Å²) < 4.78 is 2.24. The topological polar surface area (TPSA) is 4.93 Å². The average Bonchev–Trinajstić information content (AvgIpc) is 2.53. The number of para-hydroxylation sites is 1. The number of fused-ring (bicyclic) bond motifs is 1. The van der Waals surface area contributed by atoms with Crippen molar-refractivity contribution in [1.82, 2.24) is 4.57 Å². The Morgan fingerprint density at radius 1 is 1.33 bits per heavy atom. The highest BCUT2D eigenvalue weighted by Gasteiger charge is 2.07. The van der Waals surface area contributed by atoms with Gasteiger partial charge in [0.2, 0.25) is 0 Å². The van der Waals surface area contributed by atoms with Crippen LogP contribution >= 0.6 is 23.2 Å². The number of aromatic nitrogens is 1. The minimum atomic E-state index is 0.684. The molecule has 1 aromatic heterocycles. The van der Waals surface area contributed by atoms with Gasteiger partial charge in [0.15, 0.2) is 0 Å². The lowest BCUT2D eigenvalue weighted by molar-refractivity contribution is 0.689. The molecule has 0 saturated heterocycles. The van der Waals surface area contributed by atoms with E-state index in [-0.39, 0.29) is 0 Å². The molecule has 0 radical (unpaired) electrons. The first kappa shape index (κ1) is 10.8. The van der Waals surface area contributed by atoms with Crippen molar-refractivity contribution in [3.8, 4) is 0 Å². The monoisotopic (exact) mass is 241 g/mol. The Labute approximate surface area is 99.6 Å². The van der Waals surface area contributed by atoms with E-state index in [0.717, 1.165) is 23.5 Å². The standard InChI is InChI=1S/C12H13Cl2N/c1-9-8-10-4-2-5-11(14)12(10)15(9)7-3-6-13/h2,4-5,8H,3,6-7H2,1H3. The second kappa shape index (κ2) is 4.46. The van der Waals surface area contributed by atoms with Crippen LogP contribution in [0.25, 0.3) is 10.9 Å². The maximum Gasteiger partial charge on any atom is 0.0671 e. The molecule has 0 amide bonds. The quantitative estimate of drug-likeness (QED) is 0.709. The molecule has 0 saturated carbocycles. The number of rotatable bonds is 3. The molecule has 0 N–H and O–H groups in total. The summed E-state index contributed by atoms with van der Waals surface area (Å²) in [4.78, 5) is 0. The van der Waals surface area contributed by atoms with Gasteiger partial charge < -0.3 is 4.57 Å². The number of halogens is 2. The fraction of sp³-hybridized carbons (Fsp3) is 0.333. The van der Waals surface area contributed by atoms with E-state index in [1.54, 1.807) is 0 Å². The largest absolute Gasteiger partial charge is 0.344 e. The molecule has 80 valence electrons. The van der Waals surface area contributed by atoms with Gasteiger partial charge in [0.1, 0.15) is 0 Å². The van der Waals surface area contributed by atoms with Crippen molar-refractivity contribution in [3.05, 3.63) is 35.0 Å². The van der Waals surface area contributed by atoms with Gasteiger partial charge in [0.05, 0.1) is 10.5 Å². The summed E-state index contributed by atoms with van der Waals surface area (Å²) in [6.07, 6.45) is 0.970. The number of alkyl halides is 1. The van der Waals surface area contributed by atoms with E-state index in [1.807, 2.05) is 12.1 Å². The molecule has 0 aliphatic rings. The van der Waals surface area contributed by atoms with E-state index in [4.69, 9.17) is 23.2 Å². The molecule has 3 heteroatoms. The third-order valence-electron chi connectivity index (χ3n) is 2.59. The van der Waals surface area contributed by atoms with Crippen molar-refractivity contribution in [2.24, 2.45) is 0 Å². The lowest BCUT2D eigenvalue weighted by Crippen LogP contribution is -2.00. The van der Waals surface area contributed by atoms with Crippen LogP contribution in [0.3, 0.4) is 0 Å². The zero-order valence-electron chi connectivity index (χ0n) is 8.63. The van der Waals surface area contributed by atoms with Crippen LogP contribution in [0.1, 0.15) is 12.1 Å². The third-order valence-corrected chi connectivity index (χ3v) is 3.17. The smallest absolute Gasteiger partial charge is 0.0671 e. The van der Waals surface area contributed by atoms with Crippen molar-refractivity contribution >= 4 is 34.1 Å². The van der Waals surface area contributed by atoms with Crippen LogP contribution < -0.4 is 0 Å². The summed E-state index contributed by atoms with van der Waals surface area (Å²) in [7, 11) is 0. The Hall–Kier alpha value is -0.660. The minimum absolute atomic E-state index is 0.684. The normalized spacial score (nSPS) is 11.1. The summed E-state index contributed by atoms with van der Waals surface area (Å²) in [5.74, 6) is 0.684. The number of benzene rings is 1. The van der Waals surface area contributed by atoms with Crippen LogP contribution in [0.15, 0.2) is 24.3 Å². The van der Waals surface area contributed by atoms with Crippen LogP contribution in [0.5, 0.6) is 0 Å². The number of hydrogen-bond donors (Lipinski definition) is 0. The van der Waals surface area contributed by atoms with E-state index in [1.165, 1.54) is 11.1 Å². The van der Waals surface area contributed by atoms with Crippen LogP contribution in [0, 0.1) is 6.92 Å². The van der Waals surface area contributed by atoms with E-state index in [0.29, 0.717) is 5.88 Å². The van der Waals surface area contributed by atoms with E-state index in [2.05, 4.69) is 23.6 Å². The molecule has 1 nitrogen and oxygen atoms in total. The van der Waals surface area contributed by atoms with E-state index >= 15 is 0 Å². The fourth-order valence-electron chi connectivity index (χ4n) is 1.92. The van der Waals surface area contributed by atoms with Gasteiger partial charge in [-0.05, 0) is 25.5 Å². The Balaban J connectivity index is 2.55. The molecule has 15 heavy (non-hydrogen) atoms. The van der Waals surface area contributed by atoms with Crippen molar-refractivity contribution < 1.29 is 0 Å². The molecule has 1 aromatic carbocycles. The summed E-state index contributed by atoms with van der Waals surface area (Å²) >= 11 is 11.9. The zero-order valence-corrected chi connectivity index (χ0v) is 10.1. The molecule has 0 unspecified atom stereocenters. The van der Waals surface area contributed by atoms with Gasteiger partial charge >= 0.3 is 0 Å². The highest BCUT2D eigenvalue weighted by atomic mass is 35.5. The summed E-state index contributed by atoms with van der Waals surface area (Å²) in [6, 6.07) is 8.16. The Morgan fingerprint density at radius 3 is 2.87 bits per heavy atom. The zero-order chi connectivity index (χ0) is 10.8. The van der Waals surface area contributed by atoms with Gasteiger partial charge in [-0.25, -0.2) is 0 Å². The second-order valence-corrected chi connectivity index (χ2v) is 4.44. The van der Waals surface area contributed by atoms with Gasteiger partial charge in [-0.15, -0.1) is 11.6 Å². The molecule has 0 bridgehead atoms. The van der Waals surface area contributed by atoms with Gasteiger partial charge in [0.25, 0.3) is 0 Å². The molecule has 0 fully saturated rings. The summed E-state index contributed by atoms with van der Waals surface area (Å²) in [5, 5.41) is 2.02. The lowest BCUT2D eigenvalue weighted by Gasteiger charge is -2.07. The molecule has 0 spiro atoms. The van der Waals surface area contributed by atoms with Crippen molar-refractivity contribution in [1.29, 1.82) is 0 Å². The van der Waals surface area contributed by atoms with Gasteiger partial charge in [0, 0.05) is 23.5 Å². The maximum absolute atomic E-state index is 6.20. The predicted octanol–water partition coefficient (Wildman–Crippen LogP) is 4.23. The lowest BCUT2D eigenvalue weighted by atomic mass is 10.2. The highest BCUT2D eigenvalue weighted by molar-refractivity contribution is 6.35. The first-order valence-electron chi connectivity index (χ1n) is 5.04. The highest BCUT2D eigenvalue weighted by Crippen LogP contribution is 2.26. The number of aryl methyl sites for hydroxylation is 2. The SMILES string of the molecule is Cc1cc2cccc(Cl)c2n1CCCCl. The van der Waals surface area contributed by atoms with Crippen molar-refractivity contribution in [2.45, 2.75) is 19.9 Å². The average molecular weight is 242 g/mol. The predicted molar refractivity (Wildman–Crippen MR) is 67.0 cm³/mol. The van der Waals surface area contributed by atoms with Crippen LogP contribution in [0.4, 0.5) is 0 Å². The fourth-order valence-corrected chi connectivity index (χ4v) is 2.32. The molecular weight excluding hydrogens is 229 g/mol. The van der Waals surface area contributed by atoms with Crippen LogP contribution in [-0.2, 0) is 6.54 Å². The molecule has 2 aromatic rings. The Kier molecular flexibility index (Phi) is 3.22. The molecule has 0 atom stereocenters. The first-order chi connectivity index (χ1) is 7.24. The Morgan fingerprint density at radius 2 is 2.13 bits per heavy atom. The third kappa shape index (κ3) is 1.99. The number of nitrogens with zero attached hydrogens (tertiary/aromatic N) is 1. The Bertz CT molecular complexity index is 474. The van der Waals surface area contributed by atoms with E-state index in [9.17, 15) is 0 Å². The maximum atomic E-state index is 6.20. The molecule has 0 aliphatic carbocycles. The molecule has 2 rings (SSSR count). The van der Waals surface area contributed by atoms with Crippen molar-refractivity contribution in [2.75, 3.05) is 5.88 Å².